The summed E-state index contributed by atoms with van der Waals surface area (Å²) in [5, 5.41) is 23.0. The lowest BCUT2D eigenvalue weighted by Crippen LogP contribution is -2.25. The highest BCUT2D eigenvalue weighted by Gasteiger charge is 2.12. The van der Waals surface area contributed by atoms with Crippen LogP contribution in [0.1, 0.15) is 10.4 Å². The summed E-state index contributed by atoms with van der Waals surface area (Å²) in [5.74, 6) is 0.267. The molecule has 0 saturated heterocycles. The van der Waals surface area contributed by atoms with Crippen molar-refractivity contribution in [3.63, 3.8) is 0 Å². The number of primary amides is 1. The van der Waals surface area contributed by atoms with E-state index in [2.05, 4.69) is 15.4 Å². The number of amides is 1. The van der Waals surface area contributed by atoms with Gasteiger partial charge < -0.3 is 15.6 Å². The lowest BCUT2D eigenvalue weighted by Gasteiger charge is -2.12. The molecular weight excluding hydrogens is 393 g/mol. The van der Waals surface area contributed by atoms with Crippen LogP contribution < -0.4 is 10.5 Å². The average Bonchev–Trinajstić information content (AvgIpc) is 3.09. The number of hydrogen-bond donors (Lipinski definition) is 2. The minimum Gasteiger partial charge on any atom is -0.489 e. The Bertz CT molecular complexity index is 946. The minimum absolute atomic E-state index is 0.00840. The van der Waals surface area contributed by atoms with Crippen LogP contribution in [0.3, 0.4) is 0 Å². The standard InChI is InChI=1S/C17H15Cl2N5O3/c18-12-5-6-15(14(19)7-12)27-9-13(25)8-24-22-17(21-23-24)11-3-1-10(2-4-11)16(20)26/h1-7,13,25H,8-9H2,(H2,20,26). The fraction of sp³-hybridized carbons (Fsp3) is 0.176. The maximum atomic E-state index is 11.1. The summed E-state index contributed by atoms with van der Waals surface area (Å²) in [6.07, 6.45) is -0.879. The van der Waals surface area contributed by atoms with E-state index in [0.29, 0.717) is 32.7 Å². The van der Waals surface area contributed by atoms with Gasteiger partial charge in [0, 0.05) is 16.1 Å². The predicted octanol–water partition coefficient (Wildman–Crippen LogP) is 2.19. The van der Waals surface area contributed by atoms with E-state index in [9.17, 15) is 9.90 Å². The van der Waals surface area contributed by atoms with Crippen molar-refractivity contribution in [2.24, 2.45) is 5.73 Å². The number of tetrazole rings is 1. The molecule has 1 amide bonds. The summed E-state index contributed by atoms with van der Waals surface area (Å²) in [6, 6.07) is 11.3. The van der Waals surface area contributed by atoms with Gasteiger partial charge >= 0.3 is 0 Å². The third-order valence-corrected chi connectivity index (χ3v) is 4.11. The van der Waals surface area contributed by atoms with E-state index in [0.717, 1.165) is 0 Å². The Morgan fingerprint density at radius 2 is 1.96 bits per heavy atom. The van der Waals surface area contributed by atoms with Gasteiger partial charge in [0.2, 0.25) is 11.7 Å². The van der Waals surface area contributed by atoms with Gasteiger partial charge in [0.15, 0.2) is 0 Å². The Hall–Kier alpha value is -2.68. The number of ether oxygens (including phenoxy) is 1. The predicted molar refractivity (Wildman–Crippen MR) is 99.7 cm³/mol. The first kappa shape index (κ1) is 19.1. The Labute approximate surface area is 164 Å². The van der Waals surface area contributed by atoms with Crippen molar-refractivity contribution in [3.05, 3.63) is 58.1 Å². The molecule has 3 aromatic rings. The number of aliphatic hydroxyl groups excluding tert-OH is 1. The number of nitrogens with two attached hydrogens (primary N) is 1. The monoisotopic (exact) mass is 407 g/mol. The summed E-state index contributed by atoms with van der Waals surface area (Å²) in [6.45, 7) is 0.0725. The van der Waals surface area contributed by atoms with E-state index in [1.807, 2.05) is 0 Å². The normalized spacial score (nSPS) is 12.0. The van der Waals surface area contributed by atoms with Crippen LogP contribution in [0, 0.1) is 0 Å². The van der Waals surface area contributed by atoms with Crippen LogP contribution in [-0.2, 0) is 6.54 Å². The SMILES string of the molecule is NC(=O)c1ccc(-c2nnn(CC(O)COc3ccc(Cl)cc3Cl)n2)cc1. The van der Waals surface area contributed by atoms with Crippen molar-refractivity contribution in [2.45, 2.75) is 12.6 Å². The van der Waals surface area contributed by atoms with Crippen molar-refractivity contribution in [3.8, 4) is 17.1 Å². The second-order valence-electron chi connectivity index (χ2n) is 5.65. The van der Waals surface area contributed by atoms with E-state index < -0.39 is 12.0 Å². The number of halogens is 2. The molecule has 140 valence electrons. The number of carbonyl (C=O) groups excluding carboxylic acids is 1. The maximum absolute atomic E-state index is 11.1. The largest absolute Gasteiger partial charge is 0.489 e. The Morgan fingerprint density at radius 1 is 1.22 bits per heavy atom. The first-order chi connectivity index (χ1) is 12.9. The van der Waals surface area contributed by atoms with Crippen LogP contribution in [0.4, 0.5) is 0 Å². The summed E-state index contributed by atoms with van der Waals surface area (Å²) in [7, 11) is 0. The van der Waals surface area contributed by atoms with Crippen molar-refractivity contribution in [1.82, 2.24) is 20.2 Å². The number of benzene rings is 2. The number of hydrogen-bond acceptors (Lipinski definition) is 6. The maximum Gasteiger partial charge on any atom is 0.248 e. The quantitative estimate of drug-likeness (QED) is 0.619. The van der Waals surface area contributed by atoms with Crippen molar-refractivity contribution >= 4 is 29.1 Å². The first-order valence-corrected chi connectivity index (χ1v) is 8.62. The third kappa shape index (κ3) is 4.94. The van der Waals surface area contributed by atoms with Gasteiger partial charge in [0.05, 0.1) is 11.6 Å². The molecule has 0 aliphatic carbocycles. The lowest BCUT2D eigenvalue weighted by molar-refractivity contribution is 0.0850. The zero-order valence-electron chi connectivity index (χ0n) is 13.9. The lowest BCUT2D eigenvalue weighted by atomic mass is 10.1. The molecule has 0 aliphatic heterocycles. The van der Waals surface area contributed by atoms with Crippen LogP contribution in [-0.4, -0.2) is 43.9 Å². The molecule has 0 radical (unpaired) electrons. The third-order valence-electron chi connectivity index (χ3n) is 3.58. The van der Waals surface area contributed by atoms with Gasteiger partial charge in [-0.3, -0.25) is 4.79 Å². The minimum atomic E-state index is -0.879. The molecule has 1 aromatic heterocycles. The second kappa shape index (κ2) is 8.34. The van der Waals surface area contributed by atoms with Gasteiger partial charge in [-0.05, 0) is 35.5 Å². The molecular formula is C17H15Cl2N5O3. The van der Waals surface area contributed by atoms with Crippen molar-refractivity contribution in [2.75, 3.05) is 6.61 Å². The topological polar surface area (TPSA) is 116 Å². The number of carbonyl (C=O) groups is 1. The molecule has 27 heavy (non-hydrogen) atoms. The highest BCUT2D eigenvalue weighted by atomic mass is 35.5. The molecule has 1 unspecified atom stereocenters. The van der Waals surface area contributed by atoms with Crippen molar-refractivity contribution in [1.29, 1.82) is 0 Å². The molecule has 0 saturated carbocycles. The van der Waals surface area contributed by atoms with Gasteiger partial charge in [-0.1, -0.05) is 35.3 Å². The fourth-order valence-electron chi connectivity index (χ4n) is 2.24. The number of aromatic nitrogens is 4. The van der Waals surface area contributed by atoms with Crippen LogP contribution in [0.15, 0.2) is 42.5 Å². The first-order valence-electron chi connectivity index (χ1n) is 7.86. The van der Waals surface area contributed by atoms with E-state index in [1.54, 1.807) is 42.5 Å². The van der Waals surface area contributed by atoms with Crippen molar-refractivity contribution < 1.29 is 14.6 Å². The molecule has 3 N–H and O–H groups in total. The molecule has 0 aliphatic rings. The second-order valence-corrected chi connectivity index (χ2v) is 6.49. The van der Waals surface area contributed by atoms with Crippen LogP contribution in [0.25, 0.3) is 11.4 Å². The average molecular weight is 408 g/mol. The summed E-state index contributed by atoms with van der Waals surface area (Å²) < 4.78 is 5.48. The highest BCUT2D eigenvalue weighted by Crippen LogP contribution is 2.27. The molecule has 0 bridgehead atoms. The molecule has 8 nitrogen and oxygen atoms in total. The Morgan fingerprint density at radius 3 is 2.63 bits per heavy atom. The summed E-state index contributed by atoms with van der Waals surface area (Å²) >= 11 is 11.8. The number of nitrogens with zero attached hydrogens (tertiary/aromatic N) is 4. The van der Waals surface area contributed by atoms with Gasteiger partial charge in [0.25, 0.3) is 0 Å². The van der Waals surface area contributed by atoms with Crippen LogP contribution in [0.2, 0.25) is 10.0 Å². The molecule has 0 spiro atoms. The van der Waals surface area contributed by atoms with Gasteiger partial charge in [-0.25, -0.2) is 0 Å². The zero-order valence-corrected chi connectivity index (χ0v) is 15.4. The smallest absolute Gasteiger partial charge is 0.248 e. The number of aliphatic hydroxyl groups is 1. The molecule has 2 aromatic carbocycles. The molecule has 3 rings (SSSR count). The Kier molecular flexibility index (Phi) is 5.90. The molecule has 0 fully saturated rings. The molecule has 1 heterocycles. The van der Waals surface area contributed by atoms with E-state index in [-0.39, 0.29) is 13.2 Å². The van der Waals surface area contributed by atoms with Gasteiger partial charge in [-0.2, -0.15) is 4.80 Å². The van der Waals surface area contributed by atoms with Crippen LogP contribution >= 0.6 is 23.2 Å². The zero-order chi connectivity index (χ0) is 19.4. The summed E-state index contributed by atoms with van der Waals surface area (Å²) in [5.41, 5.74) is 6.27. The van der Waals surface area contributed by atoms with Gasteiger partial charge in [0.1, 0.15) is 18.5 Å². The van der Waals surface area contributed by atoms with E-state index >= 15 is 0 Å². The summed E-state index contributed by atoms with van der Waals surface area (Å²) in [4.78, 5) is 12.4. The molecule has 1 atom stereocenters. The fourth-order valence-corrected chi connectivity index (χ4v) is 2.70. The van der Waals surface area contributed by atoms with Gasteiger partial charge in [-0.15, -0.1) is 10.2 Å². The van der Waals surface area contributed by atoms with Crippen LogP contribution in [0.5, 0.6) is 5.75 Å². The van der Waals surface area contributed by atoms with E-state index in [4.69, 9.17) is 33.7 Å². The van der Waals surface area contributed by atoms with E-state index in [1.165, 1.54) is 4.80 Å². The highest BCUT2D eigenvalue weighted by molar-refractivity contribution is 6.35. The molecule has 10 heteroatoms. The Balaban J connectivity index is 1.59. The number of rotatable bonds is 7.